The molecule has 0 aliphatic carbocycles. The minimum atomic E-state index is -0.418. The van der Waals surface area contributed by atoms with Crippen molar-refractivity contribution in [3.63, 3.8) is 0 Å². The third kappa shape index (κ3) is 2.18. The maximum Gasteiger partial charge on any atom is 0.264 e. The van der Waals surface area contributed by atoms with E-state index in [0.29, 0.717) is 6.42 Å². The summed E-state index contributed by atoms with van der Waals surface area (Å²) in [6, 6.07) is 4.11. The number of aliphatic hydroxyl groups excluding tert-OH is 1. The van der Waals surface area contributed by atoms with E-state index in [4.69, 9.17) is 4.74 Å². The molecule has 3 rings (SSSR count). The van der Waals surface area contributed by atoms with Gasteiger partial charge in [-0.15, -0.1) is 0 Å². The fraction of sp³-hybridized carbons (Fsp3) is 0.562. The molecule has 2 heterocycles. The number of fused-ring (bicyclic) bond motifs is 1. The highest BCUT2D eigenvalue weighted by atomic mass is 16.5. The van der Waals surface area contributed by atoms with Crippen LogP contribution < -0.4 is 4.74 Å². The summed E-state index contributed by atoms with van der Waals surface area (Å²) >= 11 is 0. The molecule has 0 radical (unpaired) electrons. The van der Waals surface area contributed by atoms with Crippen LogP contribution in [0.4, 0.5) is 0 Å². The zero-order chi connectivity index (χ0) is 14.3. The van der Waals surface area contributed by atoms with Crippen molar-refractivity contribution in [1.82, 2.24) is 4.90 Å². The minimum Gasteiger partial charge on any atom is -0.480 e. The van der Waals surface area contributed by atoms with Gasteiger partial charge in [0.2, 0.25) is 0 Å². The zero-order valence-corrected chi connectivity index (χ0v) is 12.1. The van der Waals surface area contributed by atoms with Gasteiger partial charge >= 0.3 is 0 Å². The standard InChI is InChI=1S/C16H21NO3/c1-10-6-12-8-15(20-14(12)7-11(10)2)16(19)17-5-3-4-13(17)9-18/h6-7,13,15,18H,3-5,8-9H2,1-2H3/t13-,15-/m0/s1. The average molecular weight is 275 g/mol. The maximum absolute atomic E-state index is 12.5. The van der Waals surface area contributed by atoms with Crippen LogP contribution in [0.25, 0.3) is 0 Å². The summed E-state index contributed by atoms with van der Waals surface area (Å²) in [6.07, 6.45) is 2.08. The van der Waals surface area contributed by atoms with E-state index in [1.165, 1.54) is 11.1 Å². The SMILES string of the molecule is Cc1cc2c(cc1C)O[C@H](C(=O)N1CCC[C@H]1CO)C2. The fourth-order valence-electron chi connectivity index (χ4n) is 3.15. The Morgan fingerprint density at radius 3 is 2.90 bits per heavy atom. The third-order valence-corrected chi connectivity index (χ3v) is 4.50. The summed E-state index contributed by atoms with van der Waals surface area (Å²) in [5, 5.41) is 9.34. The molecule has 4 heteroatoms. The molecule has 1 fully saturated rings. The Bertz CT molecular complexity index is 510. The molecule has 2 atom stereocenters. The van der Waals surface area contributed by atoms with Gasteiger partial charge < -0.3 is 14.7 Å². The summed E-state index contributed by atoms with van der Waals surface area (Å²) < 4.78 is 5.84. The number of amides is 1. The molecule has 0 spiro atoms. The molecular weight excluding hydrogens is 254 g/mol. The number of carbonyl (C=O) groups excluding carboxylic acids is 1. The number of likely N-dealkylation sites (tertiary alicyclic amines) is 1. The predicted octanol–water partition coefficient (Wildman–Crippen LogP) is 1.59. The Morgan fingerprint density at radius 1 is 1.40 bits per heavy atom. The van der Waals surface area contributed by atoms with Crippen LogP contribution in [0.15, 0.2) is 12.1 Å². The molecule has 1 saturated heterocycles. The predicted molar refractivity (Wildman–Crippen MR) is 75.9 cm³/mol. The Hall–Kier alpha value is -1.55. The van der Waals surface area contributed by atoms with Crippen molar-refractivity contribution in [3.05, 3.63) is 28.8 Å². The number of benzene rings is 1. The van der Waals surface area contributed by atoms with Crippen LogP contribution in [0.2, 0.25) is 0 Å². The van der Waals surface area contributed by atoms with Crippen molar-refractivity contribution >= 4 is 5.91 Å². The van der Waals surface area contributed by atoms with Gasteiger partial charge in [-0.25, -0.2) is 0 Å². The quantitative estimate of drug-likeness (QED) is 0.891. The fourth-order valence-corrected chi connectivity index (χ4v) is 3.15. The van der Waals surface area contributed by atoms with Gasteiger partial charge in [0.25, 0.3) is 5.91 Å². The number of aliphatic hydroxyl groups is 1. The highest BCUT2D eigenvalue weighted by Gasteiger charge is 2.37. The summed E-state index contributed by atoms with van der Waals surface area (Å²) in [4.78, 5) is 14.3. The molecule has 0 saturated carbocycles. The Morgan fingerprint density at radius 2 is 2.15 bits per heavy atom. The number of hydrogen-bond acceptors (Lipinski definition) is 3. The lowest BCUT2D eigenvalue weighted by Gasteiger charge is -2.25. The summed E-state index contributed by atoms with van der Waals surface area (Å²) in [6.45, 7) is 4.91. The van der Waals surface area contributed by atoms with E-state index in [-0.39, 0.29) is 18.6 Å². The molecular formula is C16H21NO3. The molecule has 1 amide bonds. The first-order valence-electron chi connectivity index (χ1n) is 7.28. The van der Waals surface area contributed by atoms with Crippen LogP contribution in [0.3, 0.4) is 0 Å². The normalized spacial score (nSPS) is 24.6. The molecule has 20 heavy (non-hydrogen) atoms. The van der Waals surface area contributed by atoms with Crippen LogP contribution in [-0.2, 0) is 11.2 Å². The van der Waals surface area contributed by atoms with Crippen LogP contribution in [0, 0.1) is 13.8 Å². The van der Waals surface area contributed by atoms with Crippen LogP contribution >= 0.6 is 0 Å². The highest BCUT2D eigenvalue weighted by molar-refractivity contribution is 5.83. The van der Waals surface area contributed by atoms with Gasteiger partial charge in [-0.3, -0.25) is 4.79 Å². The second-order valence-corrected chi connectivity index (χ2v) is 5.87. The lowest BCUT2D eigenvalue weighted by atomic mass is 10.0. The van der Waals surface area contributed by atoms with Crippen molar-refractivity contribution < 1.29 is 14.6 Å². The third-order valence-electron chi connectivity index (χ3n) is 4.50. The molecule has 1 aromatic carbocycles. The van der Waals surface area contributed by atoms with Crippen LogP contribution in [0.5, 0.6) is 5.75 Å². The smallest absolute Gasteiger partial charge is 0.264 e. The van der Waals surface area contributed by atoms with Gasteiger partial charge in [0, 0.05) is 13.0 Å². The van der Waals surface area contributed by atoms with E-state index in [2.05, 4.69) is 19.9 Å². The molecule has 0 unspecified atom stereocenters. The Kier molecular flexibility index (Phi) is 3.42. The van der Waals surface area contributed by atoms with E-state index >= 15 is 0 Å². The van der Waals surface area contributed by atoms with Gasteiger partial charge in [0.05, 0.1) is 12.6 Å². The monoisotopic (exact) mass is 275 g/mol. The number of ether oxygens (including phenoxy) is 1. The minimum absolute atomic E-state index is 0.0213. The largest absolute Gasteiger partial charge is 0.480 e. The first-order chi connectivity index (χ1) is 9.60. The van der Waals surface area contributed by atoms with Crippen LogP contribution in [0.1, 0.15) is 29.5 Å². The molecule has 2 aliphatic heterocycles. The van der Waals surface area contributed by atoms with E-state index in [9.17, 15) is 9.90 Å². The van der Waals surface area contributed by atoms with E-state index in [1.54, 1.807) is 4.90 Å². The van der Waals surface area contributed by atoms with E-state index < -0.39 is 6.10 Å². The Balaban J connectivity index is 1.76. The van der Waals surface area contributed by atoms with E-state index in [1.807, 2.05) is 6.07 Å². The van der Waals surface area contributed by atoms with Crippen molar-refractivity contribution in [3.8, 4) is 5.75 Å². The van der Waals surface area contributed by atoms with Gasteiger partial charge in [-0.05, 0) is 49.4 Å². The summed E-state index contributed by atoms with van der Waals surface area (Å²) in [7, 11) is 0. The molecule has 2 aliphatic rings. The second kappa shape index (κ2) is 5.09. The number of nitrogens with zero attached hydrogens (tertiary/aromatic N) is 1. The number of carbonyl (C=O) groups is 1. The average Bonchev–Trinajstić information content (AvgIpc) is 3.04. The topological polar surface area (TPSA) is 49.8 Å². The summed E-state index contributed by atoms with van der Waals surface area (Å²) in [5.74, 6) is 0.860. The van der Waals surface area contributed by atoms with Crippen molar-refractivity contribution in [2.75, 3.05) is 13.2 Å². The van der Waals surface area contributed by atoms with Crippen molar-refractivity contribution in [1.29, 1.82) is 0 Å². The molecule has 1 N–H and O–H groups in total. The van der Waals surface area contributed by atoms with E-state index in [0.717, 1.165) is 30.7 Å². The van der Waals surface area contributed by atoms with Gasteiger partial charge in [-0.2, -0.15) is 0 Å². The van der Waals surface area contributed by atoms with Gasteiger partial charge in [0.1, 0.15) is 5.75 Å². The molecule has 1 aromatic rings. The maximum atomic E-state index is 12.5. The zero-order valence-electron chi connectivity index (χ0n) is 12.1. The number of aryl methyl sites for hydroxylation is 2. The van der Waals surface area contributed by atoms with Crippen molar-refractivity contribution in [2.24, 2.45) is 0 Å². The number of hydrogen-bond donors (Lipinski definition) is 1. The van der Waals surface area contributed by atoms with Gasteiger partial charge in [-0.1, -0.05) is 6.07 Å². The molecule has 0 aromatic heterocycles. The number of rotatable bonds is 2. The lowest BCUT2D eigenvalue weighted by molar-refractivity contribution is -0.139. The summed E-state index contributed by atoms with van der Waals surface area (Å²) in [5.41, 5.74) is 3.53. The molecule has 108 valence electrons. The molecule has 4 nitrogen and oxygen atoms in total. The van der Waals surface area contributed by atoms with Crippen LogP contribution in [-0.4, -0.2) is 41.2 Å². The second-order valence-electron chi connectivity index (χ2n) is 5.87. The van der Waals surface area contributed by atoms with Gasteiger partial charge in [0.15, 0.2) is 6.10 Å². The lowest BCUT2D eigenvalue weighted by Crippen LogP contribution is -2.45. The highest BCUT2D eigenvalue weighted by Crippen LogP contribution is 2.33. The molecule has 0 bridgehead atoms. The first-order valence-corrected chi connectivity index (χ1v) is 7.28. The Labute approximate surface area is 119 Å². The van der Waals surface area contributed by atoms with Crippen molar-refractivity contribution in [2.45, 2.75) is 45.3 Å². The first kappa shape index (κ1) is 13.4.